The van der Waals surface area contributed by atoms with Crippen molar-refractivity contribution < 1.29 is 14.7 Å². The molecule has 70 valence electrons. The second kappa shape index (κ2) is 5.50. The second-order valence-corrected chi connectivity index (χ2v) is 2.28. The molecule has 0 aliphatic carbocycles. The Bertz CT molecular complexity index is 171. The van der Waals surface area contributed by atoms with E-state index in [2.05, 4.69) is 10.6 Å². The first-order valence-corrected chi connectivity index (χ1v) is 3.47. The maximum atomic E-state index is 10.9. The van der Waals surface area contributed by atoms with Crippen molar-refractivity contribution in [3.8, 4) is 0 Å². The molecule has 0 aromatic rings. The van der Waals surface area contributed by atoms with Gasteiger partial charge in [0.25, 0.3) is 0 Å². The predicted molar refractivity (Wildman–Crippen MR) is 42.5 cm³/mol. The van der Waals surface area contributed by atoms with E-state index in [1.165, 1.54) is 0 Å². The van der Waals surface area contributed by atoms with Gasteiger partial charge in [-0.15, -0.1) is 0 Å². The van der Waals surface area contributed by atoms with Crippen LogP contribution in [0.2, 0.25) is 0 Å². The highest BCUT2D eigenvalue weighted by Crippen LogP contribution is 1.75. The van der Waals surface area contributed by atoms with Gasteiger partial charge < -0.3 is 21.5 Å². The highest BCUT2D eigenvalue weighted by molar-refractivity contribution is 5.85. The minimum Gasteiger partial charge on any atom is -0.480 e. The number of nitrogens with one attached hydrogen (secondary N) is 2. The fourth-order valence-electron chi connectivity index (χ4n) is 0.606. The number of hydrogen-bond donors (Lipinski definition) is 4. The van der Waals surface area contributed by atoms with E-state index in [1.807, 2.05) is 0 Å². The minimum absolute atomic E-state index is 0.325. The fourth-order valence-corrected chi connectivity index (χ4v) is 0.606. The lowest BCUT2D eigenvalue weighted by atomic mass is 10.3. The molecule has 0 aliphatic heterocycles. The molecular weight excluding hydrogens is 162 g/mol. The average Bonchev–Trinajstić information content (AvgIpc) is 2.00. The van der Waals surface area contributed by atoms with E-state index in [4.69, 9.17) is 10.8 Å². The van der Waals surface area contributed by atoms with Crippen molar-refractivity contribution >= 4 is 11.9 Å². The van der Waals surface area contributed by atoms with E-state index in [0.29, 0.717) is 6.54 Å². The van der Waals surface area contributed by atoms with Crippen molar-refractivity contribution in [1.29, 1.82) is 0 Å². The molecule has 0 rings (SSSR count). The summed E-state index contributed by atoms with van der Waals surface area (Å²) in [5.74, 6) is -1.55. The highest BCUT2D eigenvalue weighted by Gasteiger charge is 2.12. The molecule has 12 heavy (non-hydrogen) atoms. The lowest BCUT2D eigenvalue weighted by Gasteiger charge is -2.09. The van der Waals surface area contributed by atoms with Crippen LogP contribution in [0.15, 0.2) is 0 Å². The first-order chi connectivity index (χ1) is 5.57. The third-order valence-electron chi connectivity index (χ3n) is 1.17. The Morgan fingerprint density at radius 1 is 1.58 bits per heavy atom. The number of aliphatic carboxylic acids is 1. The Balaban J connectivity index is 3.64. The SMILES string of the molecule is CNCC(N)C(=O)NCC(=O)O. The van der Waals surface area contributed by atoms with E-state index < -0.39 is 24.5 Å². The van der Waals surface area contributed by atoms with Crippen molar-refractivity contribution in [1.82, 2.24) is 10.6 Å². The van der Waals surface area contributed by atoms with Crippen LogP contribution in [0.4, 0.5) is 0 Å². The highest BCUT2D eigenvalue weighted by atomic mass is 16.4. The molecule has 0 radical (unpaired) electrons. The average molecular weight is 175 g/mol. The monoisotopic (exact) mass is 175 g/mol. The Labute approximate surface area is 70.1 Å². The topological polar surface area (TPSA) is 104 Å². The summed E-state index contributed by atoms with van der Waals surface area (Å²) < 4.78 is 0. The van der Waals surface area contributed by atoms with Crippen LogP contribution in [-0.4, -0.2) is 43.2 Å². The predicted octanol–water partition coefficient (Wildman–Crippen LogP) is -2.27. The standard InChI is InChI=1S/C6H13N3O3/c1-8-2-4(7)6(12)9-3-5(10)11/h4,8H,2-3,7H2,1H3,(H,9,12)(H,10,11). The maximum absolute atomic E-state index is 10.9. The Morgan fingerprint density at radius 2 is 2.17 bits per heavy atom. The fraction of sp³-hybridized carbons (Fsp3) is 0.667. The van der Waals surface area contributed by atoms with Crippen LogP contribution >= 0.6 is 0 Å². The number of hydrogen-bond acceptors (Lipinski definition) is 4. The van der Waals surface area contributed by atoms with Gasteiger partial charge >= 0.3 is 5.97 Å². The first-order valence-electron chi connectivity index (χ1n) is 3.47. The number of carboxylic acids is 1. The molecule has 0 aromatic heterocycles. The van der Waals surface area contributed by atoms with Crippen LogP contribution in [0.1, 0.15) is 0 Å². The molecule has 0 spiro atoms. The zero-order valence-corrected chi connectivity index (χ0v) is 6.83. The van der Waals surface area contributed by atoms with Crippen LogP contribution < -0.4 is 16.4 Å². The molecule has 0 fully saturated rings. The van der Waals surface area contributed by atoms with Crippen molar-refractivity contribution in [3.05, 3.63) is 0 Å². The van der Waals surface area contributed by atoms with Gasteiger partial charge in [-0.1, -0.05) is 0 Å². The molecule has 0 saturated heterocycles. The number of nitrogens with two attached hydrogens (primary N) is 1. The largest absolute Gasteiger partial charge is 0.480 e. The Kier molecular flexibility index (Phi) is 4.98. The Morgan fingerprint density at radius 3 is 2.58 bits per heavy atom. The minimum atomic E-state index is -1.08. The summed E-state index contributed by atoms with van der Waals surface area (Å²) in [6.07, 6.45) is 0. The van der Waals surface area contributed by atoms with E-state index >= 15 is 0 Å². The first kappa shape index (κ1) is 10.9. The van der Waals surface area contributed by atoms with E-state index in [1.54, 1.807) is 7.05 Å². The van der Waals surface area contributed by atoms with Gasteiger partial charge in [0, 0.05) is 6.54 Å². The Hall–Kier alpha value is -1.14. The van der Waals surface area contributed by atoms with Crippen molar-refractivity contribution in [2.45, 2.75) is 6.04 Å². The molecule has 0 aromatic carbocycles. The van der Waals surface area contributed by atoms with Crippen molar-refractivity contribution in [3.63, 3.8) is 0 Å². The lowest BCUT2D eigenvalue weighted by molar-refractivity contribution is -0.138. The van der Waals surface area contributed by atoms with Crippen LogP contribution in [-0.2, 0) is 9.59 Å². The summed E-state index contributed by atoms with van der Waals surface area (Å²) in [7, 11) is 1.66. The number of carbonyl (C=O) groups is 2. The van der Waals surface area contributed by atoms with Gasteiger partial charge in [-0.2, -0.15) is 0 Å². The zero-order chi connectivity index (χ0) is 9.56. The van der Waals surface area contributed by atoms with Gasteiger partial charge in [0.15, 0.2) is 0 Å². The molecule has 6 nitrogen and oxygen atoms in total. The molecule has 1 unspecified atom stereocenters. The summed E-state index contributed by atoms with van der Waals surface area (Å²) in [6.45, 7) is -0.0678. The molecule has 1 amide bonds. The smallest absolute Gasteiger partial charge is 0.322 e. The van der Waals surface area contributed by atoms with Crippen LogP contribution in [0.3, 0.4) is 0 Å². The lowest BCUT2D eigenvalue weighted by Crippen LogP contribution is -2.47. The van der Waals surface area contributed by atoms with Crippen LogP contribution in [0.25, 0.3) is 0 Å². The number of carbonyl (C=O) groups excluding carboxylic acids is 1. The van der Waals surface area contributed by atoms with Gasteiger partial charge in [0.05, 0.1) is 6.04 Å². The molecule has 6 heteroatoms. The third-order valence-corrected chi connectivity index (χ3v) is 1.17. The van der Waals surface area contributed by atoms with E-state index in [-0.39, 0.29) is 0 Å². The van der Waals surface area contributed by atoms with Gasteiger partial charge in [-0.05, 0) is 7.05 Å². The van der Waals surface area contributed by atoms with Crippen molar-refractivity contribution in [2.75, 3.05) is 20.1 Å². The summed E-state index contributed by atoms with van der Waals surface area (Å²) in [4.78, 5) is 20.9. The second-order valence-electron chi connectivity index (χ2n) is 2.28. The van der Waals surface area contributed by atoms with Gasteiger partial charge in [-0.3, -0.25) is 9.59 Å². The molecule has 0 saturated carbocycles. The number of amides is 1. The van der Waals surface area contributed by atoms with Gasteiger partial charge in [-0.25, -0.2) is 0 Å². The maximum Gasteiger partial charge on any atom is 0.322 e. The van der Waals surface area contributed by atoms with Crippen LogP contribution in [0, 0.1) is 0 Å². The zero-order valence-electron chi connectivity index (χ0n) is 6.83. The number of carboxylic acid groups (broad SMARTS) is 1. The third kappa shape index (κ3) is 4.64. The van der Waals surface area contributed by atoms with Gasteiger partial charge in [0.2, 0.25) is 5.91 Å². The summed E-state index contributed by atoms with van der Waals surface area (Å²) >= 11 is 0. The van der Waals surface area contributed by atoms with Gasteiger partial charge in [0.1, 0.15) is 6.54 Å². The molecule has 1 atom stereocenters. The van der Waals surface area contributed by atoms with E-state index in [9.17, 15) is 9.59 Å². The number of likely N-dealkylation sites (N-methyl/N-ethyl adjacent to an activating group) is 1. The molecule has 0 aliphatic rings. The van der Waals surface area contributed by atoms with Crippen LogP contribution in [0.5, 0.6) is 0 Å². The number of rotatable bonds is 5. The molecule has 0 bridgehead atoms. The normalized spacial score (nSPS) is 12.2. The van der Waals surface area contributed by atoms with Crippen molar-refractivity contribution in [2.24, 2.45) is 5.73 Å². The summed E-state index contributed by atoms with van der Waals surface area (Å²) in [6, 6.07) is -0.700. The summed E-state index contributed by atoms with van der Waals surface area (Å²) in [5, 5.41) is 13.1. The quantitative estimate of drug-likeness (QED) is 0.377. The molecule has 0 heterocycles. The molecule has 5 N–H and O–H groups in total. The van der Waals surface area contributed by atoms with E-state index in [0.717, 1.165) is 0 Å². The molecular formula is C6H13N3O3. The summed E-state index contributed by atoms with van der Waals surface area (Å²) in [5.41, 5.74) is 5.35.